The van der Waals surface area contributed by atoms with Gasteiger partial charge in [0, 0.05) is 21.1 Å². The molecule has 1 aliphatic rings. The van der Waals surface area contributed by atoms with Crippen LogP contribution < -0.4 is 9.47 Å². The predicted molar refractivity (Wildman–Crippen MR) is 145 cm³/mol. The zero-order chi connectivity index (χ0) is 27.9. The fourth-order valence-corrected chi connectivity index (χ4v) is 4.80. The number of carbonyl (C=O) groups excluding carboxylic acids is 1. The van der Waals surface area contributed by atoms with Gasteiger partial charge in [0.15, 0.2) is 17.8 Å². The van der Waals surface area contributed by atoms with Crippen LogP contribution in [0.3, 0.4) is 0 Å². The van der Waals surface area contributed by atoms with Crippen LogP contribution in [0.2, 0.25) is 30.7 Å². The monoisotopic (exact) mass is 568 g/mol. The predicted octanol–water partition coefficient (Wildman–Crippen LogP) is 3.29. The van der Waals surface area contributed by atoms with Gasteiger partial charge < -0.3 is 39.0 Å². The van der Waals surface area contributed by atoms with Crippen LogP contribution in [0.5, 0.6) is 11.5 Å². The lowest BCUT2D eigenvalue weighted by atomic mass is 9.99. The first kappa shape index (κ1) is 30.4. The summed E-state index contributed by atoms with van der Waals surface area (Å²) in [7, 11) is 0.0443. The molecular weight excluding hydrogens is 532 g/mol. The van der Waals surface area contributed by atoms with Gasteiger partial charge >= 0.3 is 5.97 Å². The molecule has 11 heteroatoms. The lowest BCUT2D eigenvalue weighted by Crippen LogP contribution is -2.59. The van der Waals surface area contributed by atoms with Crippen LogP contribution in [0, 0.1) is 0 Å². The molecular formula is C27H37ClO9Si. The lowest BCUT2D eigenvalue weighted by Gasteiger charge is -2.40. The van der Waals surface area contributed by atoms with E-state index >= 15 is 0 Å². The third-order valence-electron chi connectivity index (χ3n) is 6.13. The number of esters is 1. The van der Waals surface area contributed by atoms with E-state index in [4.69, 9.17) is 35.3 Å². The Labute approximate surface area is 229 Å². The zero-order valence-electron chi connectivity index (χ0n) is 22.1. The normalized spacial score (nSPS) is 23.6. The van der Waals surface area contributed by atoms with Crippen molar-refractivity contribution in [1.82, 2.24) is 0 Å². The van der Waals surface area contributed by atoms with Gasteiger partial charge in [-0.2, -0.15) is 0 Å². The van der Waals surface area contributed by atoms with E-state index in [0.717, 1.165) is 11.6 Å². The zero-order valence-corrected chi connectivity index (χ0v) is 23.9. The van der Waals surface area contributed by atoms with Gasteiger partial charge in [0.2, 0.25) is 0 Å². The highest BCUT2D eigenvalue weighted by atomic mass is 35.5. The average molecular weight is 569 g/mol. The summed E-state index contributed by atoms with van der Waals surface area (Å²) in [5.41, 5.74) is 1.22. The van der Waals surface area contributed by atoms with Gasteiger partial charge in [-0.05, 0) is 23.7 Å². The summed E-state index contributed by atoms with van der Waals surface area (Å²) in [6.07, 6.45) is -6.03. The fourth-order valence-electron chi connectivity index (χ4n) is 3.81. The van der Waals surface area contributed by atoms with E-state index in [1.54, 1.807) is 0 Å². The number of carbonyl (C=O) groups is 1. The number of hydrogen-bond acceptors (Lipinski definition) is 9. The standard InChI is InChI=1S/C27H37ClO9Si/c1-33-20-15-18(14-19(28)25(20)34-11-10-17-8-6-5-7-9-17)26(32)36-16-21-22(29)23(30)24(31)27(37-21)35-12-13-38(2,3)4/h5-9,14-15,21-24,27,29-31H,10-13,16H2,1-4H3/t21-,22-,23+,24-,27-/m1/s1. The summed E-state index contributed by atoms with van der Waals surface area (Å²) in [4.78, 5) is 12.8. The Morgan fingerprint density at radius 1 is 1.03 bits per heavy atom. The molecule has 9 nitrogen and oxygen atoms in total. The molecule has 3 N–H and O–H groups in total. The molecule has 0 aromatic heterocycles. The minimum Gasteiger partial charge on any atom is -0.493 e. The highest BCUT2D eigenvalue weighted by molar-refractivity contribution is 6.76. The number of hydrogen-bond donors (Lipinski definition) is 3. The van der Waals surface area contributed by atoms with E-state index in [0.29, 0.717) is 25.4 Å². The first-order valence-corrected chi connectivity index (χ1v) is 16.6. The maximum Gasteiger partial charge on any atom is 0.338 e. The van der Waals surface area contributed by atoms with Gasteiger partial charge in [0.25, 0.3) is 0 Å². The number of aliphatic hydroxyl groups excluding tert-OH is 3. The van der Waals surface area contributed by atoms with Gasteiger partial charge in [0.05, 0.1) is 24.3 Å². The van der Waals surface area contributed by atoms with Crippen molar-refractivity contribution in [2.45, 2.75) is 62.8 Å². The van der Waals surface area contributed by atoms with E-state index in [1.807, 2.05) is 30.3 Å². The Bertz CT molecular complexity index is 1050. The molecule has 5 atom stereocenters. The van der Waals surface area contributed by atoms with Gasteiger partial charge in [-0.1, -0.05) is 61.6 Å². The van der Waals surface area contributed by atoms with Crippen molar-refractivity contribution in [1.29, 1.82) is 0 Å². The molecule has 1 aliphatic heterocycles. The molecule has 0 bridgehead atoms. The van der Waals surface area contributed by atoms with Crippen LogP contribution in [-0.2, 0) is 20.6 Å². The smallest absolute Gasteiger partial charge is 0.338 e. The van der Waals surface area contributed by atoms with Crippen LogP contribution in [0.15, 0.2) is 42.5 Å². The van der Waals surface area contributed by atoms with Gasteiger partial charge in [0.1, 0.15) is 31.0 Å². The fraction of sp³-hybridized carbons (Fsp3) is 0.519. The summed E-state index contributed by atoms with van der Waals surface area (Å²) < 4.78 is 27.8. The van der Waals surface area contributed by atoms with Gasteiger partial charge in [-0.3, -0.25) is 0 Å². The Balaban J connectivity index is 1.60. The summed E-state index contributed by atoms with van der Waals surface area (Å²) in [6.45, 7) is 6.86. The summed E-state index contributed by atoms with van der Waals surface area (Å²) in [5.74, 6) is -0.169. The van der Waals surface area contributed by atoms with Crippen LogP contribution in [0.25, 0.3) is 0 Å². The topological polar surface area (TPSA) is 124 Å². The average Bonchev–Trinajstić information content (AvgIpc) is 2.88. The van der Waals surface area contributed by atoms with Crippen molar-refractivity contribution in [2.24, 2.45) is 0 Å². The SMILES string of the molecule is COc1cc(C(=O)OC[C@H]2O[C@@H](OCC[Si](C)(C)C)[C@H](O)[C@@H](O)[C@@H]2O)cc(Cl)c1OCCc1ccccc1. The van der Waals surface area contributed by atoms with Gasteiger partial charge in [-0.25, -0.2) is 4.79 Å². The molecule has 1 saturated heterocycles. The number of halogens is 1. The van der Waals surface area contributed by atoms with Crippen LogP contribution >= 0.6 is 11.6 Å². The number of benzene rings is 2. The van der Waals surface area contributed by atoms with Gasteiger partial charge in [-0.15, -0.1) is 0 Å². The molecule has 2 aromatic rings. The second kappa shape index (κ2) is 13.7. The largest absolute Gasteiger partial charge is 0.493 e. The third kappa shape index (κ3) is 8.41. The van der Waals surface area contributed by atoms with Crippen molar-refractivity contribution in [3.63, 3.8) is 0 Å². The first-order chi connectivity index (χ1) is 18.0. The highest BCUT2D eigenvalue weighted by Crippen LogP contribution is 2.37. The molecule has 0 saturated carbocycles. The minimum atomic E-state index is -1.52. The van der Waals surface area contributed by atoms with E-state index in [2.05, 4.69) is 19.6 Å². The van der Waals surface area contributed by atoms with Crippen LogP contribution in [0.4, 0.5) is 0 Å². The molecule has 3 rings (SSSR count). The second-order valence-electron chi connectivity index (χ2n) is 10.4. The number of methoxy groups -OCH3 is 1. The van der Waals surface area contributed by atoms with Crippen molar-refractivity contribution in [3.8, 4) is 11.5 Å². The second-order valence-corrected chi connectivity index (χ2v) is 16.4. The van der Waals surface area contributed by atoms with Crippen molar-refractivity contribution < 1.29 is 43.8 Å². The Morgan fingerprint density at radius 3 is 2.39 bits per heavy atom. The molecule has 0 amide bonds. The maximum atomic E-state index is 12.8. The molecule has 1 heterocycles. The van der Waals surface area contributed by atoms with E-state index < -0.39 is 44.7 Å². The number of aliphatic hydroxyl groups is 3. The molecule has 210 valence electrons. The number of ether oxygens (including phenoxy) is 5. The van der Waals surface area contributed by atoms with Crippen LogP contribution in [-0.4, -0.2) is 87.0 Å². The molecule has 0 radical (unpaired) electrons. The molecule has 2 aromatic carbocycles. The first-order valence-electron chi connectivity index (χ1n) is 12.5. The highest BCUT2D eigenvalue weighted by Gasteiger charge is 2.45. The Kier molecular flexibility index (Phi) is 11.0. The summed E-state index contributed by atoms with van der Waals surface area (Å²) >= 11 is 6.39. The molecule has 0 spiro atoms. The molecule has 0 aliphatic carbocycles. The summed E-state index contributed by atoms with van der Waals surface area (Å²) in [5, 5.41) is 31.1. The molecule has 0 unspecified atom stereocenters. The molecule has 38 heavy (non-hydrogen) atoms. The van der Waals surface area contributed by atoms with Crippen LogP contribution in [0.1, 0.15) is 15.9 Å². The van der Waals surface area contributed by atoms with E-state index in [9.17, 15) is 20.1 Å². The maximum absolute atomic E-state index is 12.8. The minimum absolute atomic E-state index is 0.107. The van der Waals surface area contributed by atoms with E-state index in [-0.39, 0.29) is 22.9 Å². The lowest BCUT2D eigenvalue weighted by molar-refractivity contribution is -0.299. The van der Waals surface area contributed by atoms with Crippen molar-refractivity contribution >= 4 is 25.6 Å². The Hall–Kier alpha value is -2.18. The Morgan fingerprint density at radius 2 is 1.74 bits per heavy atom. The third-order valence-corrected chi connectivity index (χ3v) is 8.11. The molecule has 1 fully saturated rings. The van der Waals surface area contributed by atoms with E-state index in [1.165, 1.54) is 19.2 Å². The van der Waals surface area contributed by atoms with Crippen molar-refractivity contribution in [3.05, 3.63) is 58.6 Å². The summed E-state index contributed by atoms with van der Waals surface area (Å²) in [6, 6.07) is 13.5. The van der Waals surface area contributed by atoms with Crippen molar-refractivity contribution in [2.75, 3.05) is 26.9 Å². The quantitative estimate of drug-likeness (QED) is 0.261. The number of rotatable bonds is 12.